The number of hydrogen-bond donors (Lipinski definition) is 1. The Labute approximate surface area is 139 Å². The quantitative estimate of drug-likeness (QED) is 0.780. The van der Waals surface area contributed by atoms with Gasteiger partial charge in [0.25, 0.3) is 0 Å². The first-order chi connectivity index (χ1) is 11.0. The fraction of sp³-hybridized carbons (Fsp3) is 0.667. The molecule has 0 aliphatic heterocycles. The Kier molecular flexibility index (Phi) is 3.46. The van der Waals surface area contributed by atoms with Gasteiger partial charge in [-0.3, -0.25) is 4.79 Å². The normalized spacial score (nSPS) is 48.3. The van der Waals surface area contributed by atoms with Crippen molar-refractivity contribution in [2.24, 2.45) is 34.5 Å². The molecule has 4 rings (SSSR count). The summed E-state index contributed by atoms with van der Waals surface area (Å²) in [6, 6.07) is 0. The van der Waals surface area contributed by atoms with Gasteiger partial charge >= 0.3 is 0 Å². The van der Waals surface area contributed by atoms with Crippen molar-refractivity contribution >= 4 is 5.78 Å². The molecule has 3 saturated carbocycles. The van der Waals surface area contributed by atoms with E-state index in [9.17, 15) is 9.90 Å². The summed E-state index contributed by atoms with van der Waals surface area (Å²) in [5, 5.41) is 10.3. The molecule has 2 heteroatoms. The van der Waals surface area contributed by atoms with Crippen LogP contribution in [0.2, 0.25) is 0 Å². The van der Waals surface area contributed by atoms with Crippen LogP contribution >= 0.6 is 0 Å². The van der Waals surface area contributed by atoms with Crippen molar-refractivity contribution in [2.75, 3.05) is 6.61 Å². The third kappa shape index (κ3) is 1.94. The third-order valence-corrected chi connectivity index (χ3v) is 7.92. The number of allylic oxidation sites excluding steroid dienone is 5. The van der Waals surface area contributed by atoms with Crippen LogP contribution in [0.25, 0.3) is 0 Å². The maximum Gasteiger partial charge on any atom is 0.178 e. The molecule has 4 aliphatic rings. The molecule has 124 valence electrons. The lowest BCUT2D eigenvalue weighted by Crippen LogP contribution is -2.51. The molecular weight excluding hydrogens is 284 g/mol. The number of ketones is 1. The smallest absolute Gasteiger partial charge is 0.178 e. The standard InChI is InChI=1S/C21H28O2/c1-3-14-5-7-19-17-6-4-15-12-16(23)8-10-20(15,2)18(17)9-11-21(14,19)13-22/h3,8,10,12,14,17-19,22H,1,4-7,9,11,13H2,2H3/t14-,17?,18?,19?,20-,21-/m0/s1. The zero-order valence-corrected chi connectivity index (χ0v) is 14.1. The number of aliphatic hydroxyl groups excluding tert-OH is 1. The molecule has 0 spiro atoms. The Balaban J connectivity index is 1.70. The molecule has 0 saturated heterocycles. The van der Waals surface area contributed by atoms with Crippen LogP contribution in [0.4, 0.5) is 0 Å². The van der Waals surface area contributed by atoms with Crippen molar-refractivity contribution in [1.29, 1.82) is 0 Å². The number of fused-ring (bicyclic) bond motifs is 5. The molecule has 0 aromatic rings. The second kappa shape index (κ2) is 5.17. The first-order valence-electron chi connectivity index (χ1n) is 9.23. The molecule has 0 heterocycles. The molecule has 0 aromatic heterocycles. The summed E-state index contributed by atoms with van der Waals surface area (Å²) in [4.78, 5) is 11.8. The van der Waals surface area contributed by atoms with E-state index in [0.717, 1.165) is 12.8 Å². The summed E-state index contributed by atoms with van der Waals surface area (Å²) in [7, 11) is 0. The van der Waals surface area contributed by atoms with Crippen molar-refractivity contribution in [3.8, 4) is 0 Å². The molecule has 2 nitrogen and oxygen atoms in total. The van der Waals surface area contributed by atoms with E-state index in [4.69, 9.17) is 0 Å². The fourth-order valence-corrected chi connectivity index (χ4v) is 6.72. The van der Waals surface area contributed by atoms with Crippen LogP contribution in [-0.4, -0.2) is 17.5 Å². The van der Waals surface area contributed by atoms with Crippen molar-refractivity contribution in [3.63, 3.8) is 0 Å². The predicted molar refractivity (Wildman–Crippen MR) is 91.7 cm³/mol. The summed E-state index contributed by atoms with van der Waals surface area (Å²) < 4.78 is 0. The van der Waals surface area contributed by atoms with E-state index in [1.165, 1.54) is 31.3 Å². The Bertz CT molecular complexity index is 601. The predicted octanol–water partition coefficient (Wildman–Crippen LogP) is 4.07. The summed E-state index contributed by atoms with van der Waals surface area (Å²) in [5.41, 5.74) is 1.49. The molecule has 0 amide bonds. The van der Waals surface area contributed by atoms with Crippen LogP contribution < -0.4 is 0 Å². The largest absolute Gasteiger partial charge is 0.396 e. The SMILES string of the molecule is C=C[C@H]1CCC2C3CCC4=CC(=O)C=C[C@]4(C)C3CC[C@@]21CO. The van der Waals surface area contributed by atoms with Gasteiger partial charge in [0.1, 0.15) is 0 Å². The summed E-state index contributed by atoms with van der Waals surface area (Å²) >= 11 is 0. The third-order valence-electron chi connectivity index (χ3n) is 7.92. The highest BCUT2D eigenvalue weighted by Gasteiger charge is 2.59. The van der Waals surface area contributed by atoms with Gasteiger partial charge in [-0.05, 0) is 74.3 Å². The molecule has 6 atom stereocenters. The monoisotopic (exact) mass is 312 g/mol. The van der Waals surface area contributed by atoms with Crippen LogP contribution in [0.5, 0.6) is 0 Å². The van der Waals surface area contributed by atoms with Gasteiger partial charge in [-0.15, -0.1) is 6.58 Å². The number of rotatable bonds is 2. The minimum absolute atomic E-state index is 0.0602. The van der Waals surface area contributed by atoms with E-state index in [-0.39, 0.29) is 16.6 Å². The van der Waals surface area contributed by atoms with Gasteiger partial charge < -0.3 is 5.11 Å². The highest BCUT2D eigenvalue weighted by Crippen LogP contribution is 2.66. The Morgan fingerprint density at radius 1 is 1.30 bits per heavy atom. The lowest BCUT2D eigenvalue weighted by atomic mass is 9.47. The molecule has 3 fully saturated rings. The fourth-order valence-electron chi connectivity index (χ4n) is 6.72. The number of carbonyl (C=O) groups excluding carboxylic acids is 1. The first-order valence-corrected chi connectivity index (χ1v) is 9.23. The van der Waals surface area contributed by atoms with Crippen molar-refractivity contribution in [1.82, 2.24) is 0 Å². The van der Waals surface area contributed by atoms with Gasteiger partial charge in [0, 0.05) is 17.4 Å². The Hall–Kier alpha value is -1.15. The lowest BCUT2D eigenvalue weighted by Gasteiger charge is -2.57. The molecular formula is C21H28O2. The zero-order valence-electron chi connectivity index (χ0n) is 14.1. The number of hydrogen-bond acceptors (Lipinski definition) is 2. The Morgan fingerprint density at radius 3 is 2.87 bits per heavy atom. The molecule has 0 bridgehead atoms. The molecule has 0 aromatic carbocycles. The summed E-state index contributed by atoms with van der Waals surface area (Å²) in [5.74, 6) is 2.57. The molecule has 0 radical (unpaired) electrons. The van der Waals surface area contributed by atoms with Crippen LogP contribution in [0, 0.1) is 34.5 Å². The van der Waals surface area contributed by atoms with Crippen LogP contribution in [0.1, 0.15) is 45.4 Å². The molecule has 4 aliphatic carbocycles. The minimum atomic E-state index is 0.0602. The van der Waals surface area contributed by atoms with Gasteiger partial charge in [-0.25, -0.2) is 0 Å². The van der Waals surface area contributed by atoms with Crippen molar-refractivity contribution < 1.29 is 9.90 Å². The van der Waals surface area contributed by atoms with Gasteiger partial charge in [-0.1, -0.05) is 24.6 Å². The van der Waals surface area contributed by atoms with Crippen LogP contribution in [-0.2, 0) is 4.79 Å². The summed E-state index contributed by atoms with van der Waals surface area (Å²) in [6.45, 7) is 6.70. The van der Waals surface area contributed by atoms with Crippen LogP contribution in [0.3, 0.4) is 0 Å². The van der Waals surface area contributed by atoms with E-state index in [2.05, 4.69) is 25.7 Å². The molecule has 23 heavy (non-hydrogen) atoms. The van der Waals surface area contributed by atoms with E-state index in [1.807, 2.05) is 6.08 Å². The highest BCUT2D eigenvalue weighted by atomic mass is 16.3. The minimum Gasteiger partial charge on any atom is -0.396 e. The summed E-state index contributed by atoms with van der Waals surface area (Å²) in [6.07, 6.45) is 14.9. The number of carbonyl (C=O) groups is 1. The second-order valence-corrected chi connectivity index (χ2v) is 8.45. The van der Waals surface area contributed by atoms with Gasteiger partial charge in [-0.2, -0.15) is 0 Å². The van der Waals surface area contributed by atoms with Crippen molar-refractivity contribution in [2.45, 2.75) is 45.4 Å². The van der Waals surface area contributed by atoms with Gasteiger partial charge in [0.2, 0.25) is 0 Å². The van der Waals surface area contributed by atoms with E-state index in [0.29, 0.717) is 30.3 Å². The van der Waals surface area contributed by atoms with Gasteiger partial charge in [0.15, 0.2) is 5.78 Å². The molecule has 1 N–H and O–H groups in total. The highest BCUT2D eigenvalue weighted by molar-refractivity contribution is 6.01. The average molecular weight is 312 g/mol. The average Bonchev–Trinajstić information content (AvgIpc) is 2.94. The van der Waals surface area contributed by atoms with Crippen LogP contribution in [0.15, 0.2) is 36.5 Å². The second-order valence-electron chi connectivity index (χ2n) is 8.45. The number of aliphatic hydroxyl groups is 1. The Morgan fingerprint density at radius 2 is 2.13 bits per heavy atom. The molecule has 3 unspecified atom stereocenters. The topological polar surface area (TPSA) is 37.3 Å². The maximum absolute atomic E-state index is 11.8. The zero-order chi connectivity index (χ0) is 16.2. The maximum atomic E-state index is 11.8. The van der Waals surface area contributed by atoms with E-state index >= 15 is 0 Å². The lowest BCUT2D eigenvalue weighted by molar-refractivity contribution is -0.111. The van der Waals surface area contributed by atoms with Gasteiger partial charge in [0.05, 0.1) is 0 Å². The van der Waals surface area contributed by atoms with E-state index < -0.39 is 0 Å². The van der Waals surface area contributed by atoms with Crippen molar-refractivity contribution in [3.05, 3.63) is 36.5 Å². The van der Waals surface area contributed by atoms with E-state index in [1.54, 1.807) is 6.08 Å². The first kappa shape index (κ1) is 15.4.